The van der Waals surface area contributed by atoms with E-state index < -0.39 is 59.6 Å². The molecule has 0 unspecified atom stereocenters. The number of benzene rings is 2. The molecule has 0 bridgehead atoms. The highest BCUT2D eigenvalue weighted by Gasteiger charge is 2.90. The van der Waals surface area contributed by atoms with Crippen LogP contribution in [0.2, 0.25) is 0 Å². The highest BCUT2D eigenvalue weighted by molar-refractivity contribution is 7.87. The van der Waals surface area contributed by atoms with Crippen LogP contribution in [0.15, 0.2) is 60.7 Å². The average Bonchev–Trinajstić information content (AvgIpc) is 2.72. The second-order valence-electron chi connectivity index (χ2n) is 6.09. The molecule has 0 aliphatic carbocycles. The summed E-state index contributed by atoms with van der Waals surface area (Å²) in [5.74, 6) is -23.3. The first kappa shape index (κ1) is 27.6. The Balaban J connectivity index is 2.58. The standard InChI is InChI=1S/C17H10F11IO3S/c18-13(19,14(20,21)16(24,25)26)15(22,23)17(27,28)33(30,31)32-29(11-7-3-1-4-8-11)12-9-5-2-6-10-12/h1-10H/q+1. The molecule has 2 aromatic carbocycles. The van der Waals surface area contributed by atoms with E-state index in [2.05, 4.69) is 2.51 Å². The fraction of sp³-hybridized carbons (Fsp3) is 0.294. The number of hydrogen-bond donors (Lipinski definition) is 0. The van der Waals surface area contributed by atoms with Crippen LogP contribution in [-0.4, -0.2) is 37.6 Å². The number of halogens is 12. The van der Waals surface area contributed by atoms with Crippen LogP contribution in [-0.2, 0) is 12.6 Å². The van der Waals surface area contributed by atoms with E-state index in [0.717, 1.165) is 24.3 Å². The summed E-state index contributed by atoms with van der Waals surface area (Å²) in [6.45, 7) is 0. The molecule has 2 rings (SSSR count). The van der Waals surface area contributed by atoms with E-state index in [-0.39, 0.29) is 7.14 Å². The molecular weight excluding hydrogens is 620 g/mol. The molecule has 0 aliphatic heterocycles. The number of hydrogen-bond acceptors (Lipinski definition) is 3. The number of alkyl halides is 11. The van der Waals surface area contributed by atoms with Crippen molar-refractivity contribution in [2.75, 3.05) is 0 Å². The molecule has 16 heteroatoms. The first-order valence-corrected chi connectivity index (χ1v) is 12.6. The summed E-state index contributed by atoms with van der Waals surface area (Å²) in [7, 11) is -7.20. The molecular formula is C17H10F11IO3S+. The molecule has 0 heterocycles. The van der Waals surface area contributed by atoms with Gasteiger partial charge in [0.15, 0.2) is 7.14 Å². The van der Waals surface area contributed by atoms with Crippen LogP contribution in [0.3, 0.4) is 0 Å². The maximum atomic E-state index is 14.2. The quantitative estimate of drug-likeness (QED) is 0.333. The van der Waals surface area contributed by atoms with Gasteiger partial charge in [-0.05, 0) is 26.8 Å². The van der Waals surface area contributed by atoms with E-state index in [1.807, 2.05) is 0 Å². The van der Waals surface area contributed by atoms with Crippen molar-refractivity contribution in [3.8, 4) is 0 Å². The van der Waals surface area contributed by atoms with Crippen LogP contribution in [0.4, 0.5) is 48.3 Å². The van der Waals surface area contributed by atoms with Gasteiger partial charge in [-0.2, -0.15) is 56.7 Å². The summed E-state index contributed by atoms with van der Waals surface area (Å²) >= 11 is -4.16. The maximum absolute atomic E-state index is 14.2. The van der Waals surface area contributed by atoms with Gasteiger partial charge in [-0.25, -0.2) is 0 Å². The van der Waals surface area contributed by atoms with Crippen molar-refractivity contribution >= 4 is 10.1 Å². The van der Waals surface area contributed by atoms with Crippen LogP contribution in [0.5, 0.6) is 0 Å². The highest BCUT2D eigenvalue weighted by Crippen LogP contribution is 2.58. The third kappa shape index (κ3) is 4.65. The Bertz CT molecular complexity index is 1020. The Kier molecular flexibility index (Phi) is 7.37. The highest BCUT2D eigenvalue weighted by atomic mass is 127. The second-order valence-corrected chi connectivity index (χ2v) is 12.6. The molecule has 0 spiro atoms. The molecule has 0 N–H and O–H groups in total. The van der Waals surface area contributed by atoms with Gasteiger partial charge in [-0.3, -0.25) is 0 Å². The van der Waals surface area contributed by atoms with Gasteiger partial charge in [0.1, 0.15) is 0 Å². The summed E-state index contributed by atoms with van der Waals surface area (Å²) < 4.78 is 174. The molecule has 0 amide bonds. The van der Waals surface area contributed by atoms with E-state index >= 15 is 0 Å². The molecule has 0 fully saturated rings. The smallest absolute Gasteiger partial charge is 0.192 e. The lowest BCUT2D eigenvalue weighted by atomic mass is 10.0. The van der Waals surface area contributed by atoms with Crippen molar-refractivity contribution in [1.82, 2.24) is 0 Å². The summed E-state index contributed by atoms with van der Waals surface area (Å²) in [4.78, 5) is 0. The van der Waals surface area contributed by atoms with Crippen LogP contribution < -0.4 is 20.2 Å². The minimum Gasteiger partial charge on any atom is -0.192 e. The Morgan fingerprint density at radius 3 is 1.27 bits per heavy atom. The SMILES string of the molecule is O=S(=O)(O[I+](c1ccccc1)c1ccccc1)C(F)(F)C(F)(F)C(F)(F)C(F)(F)C(F)(F)F. The number of rotatable bonds is 8. The minimum atomic E-state index is -7.86. The Morgan fingerprint density at radius 2 is 0.939 bits per heavy atom. The van der Waals surface area contributed by atoms with Crippen molar-refractivity contribution in [2.24, 2.45) is 0 Å². The first-order chi connectivity index (χ1) is 14.8. The summed E-state index contributed by atoms with van der Waals surface area (Å²) in [6, 6.07) is 12.4. The fourth-order valence-electron chi connectivity index (χ4n) is 2.09. The molecule has 1 radical (unpaired) electrons. The van der Waals surface area contributed by atoms with Crippen LogP contribution in [0, 0.1) is 7.14 Å². The zero-order valence-electron chi connectivity index (χ0n) is 15.4. The Morgan fingerprint density at radius 1 is 0.576 bits per heavy atom. The van der Waals surface area contributed by atoms with Gasteiger partial charge in [-0.15, -0.1) is 0 Å². The first-order valence-electron chi connectivity index (χ1n) is 8.14. The topological polar surface area (TPSA) is 43.4 Å². The third-order valence-corrected chi connectivity index (χ3v) is 11.2. The average molecular weight is 630 g/mol. The predicted octanol–water partition coefficient (Wildman–Crippen LogP) is 2.67. The Labute approximate surface area is 186 Å². The lowest BCUT2D eigenvalue weighted by molar-refractivity contribution is -1.03. The van der Waals surface area contributed by atoms with E-state index in [1.165, 1.54) is 36.4 Å². The van der Waals surface area contributed by atoms with Gasteiger partial charge in [0.2, 0.25) is 0 Å². The van der Waals surface area contributed by atoms with Crippen LogP contribution in [0.25, 0.3) is 0 Å². The van der Waals surface area contributed by atoms with E-state index in [4.69, 9.17) is 0 Å². The largest absolute Gasteiger partial charge is 0.460 e. The van der Waals surface area contributed by atoms with E-state index in [0.29, 0.717) is 0 Å². The normalized spacial score (nSPS) is 14.5. The lowest BCUT2D eigenvalue weighted by Gasteiger charge is -2.35. The van der Waals surface area contributed by atoms with Gasteiger partial charge < -0.3 is 0 Å². The minimum absolute atomic E-state index is 0.122. The molecule has 2 aromatic rings. The van der Waals surface area contributed by atoms with Crippen LogP contribution in [0.1, 0.15) is 0 Å². The predicted molar refractivity (Wildman–Crippen MR) is 86.1 cm³/mol. The third-order valence-electron chi connectivity index (χ3n) is 3.83. The fourth-order valence-corrected chi connectivity index (χ4v) is 9.13. The van der Waals surface area contributed by atoms with Crippen molar-refractivity contribution in [3.05, 3.63) is 67.8 Å². The molecule has 0 aliphatic rings. The monoisotopic (exact) mass is 630 g/mol. The Hall–Kier alpha value is -1.69. The molecule has 0 saturated carbocycles. The molecule has 3 nitrogen and oxygen atoms in total. The molecule has 0 atom stereocenters. The van der Waals surface area contributed by atoms with Crippen molar-refractivity contribution in [2.45, 2.75) is 29.2 Å². The molecule has 0 saturated heterocycles. The zero-order chi connectivity index (χ0) is 25.5. The van der Waals surface area contributed by atoms with Crippen molar-refractivity contribution in [3.63, 3.8) is 0 Å². The van der Waals surface area contributed by atoms with Gasteiger partial charge in [0.05, 0.1) is 0 Å². The summed E-state index contributed by atoms with van der Waals surface area (Å²) in [5, 5.41) is -7.18. The molecule has 33 heavy (non-hydrogen) atoms. The lowest BCUT2D eigenvalue weighted by Crippen LogP contribution is -3.85. The van der Waals surface area contributed by atoms with Crippen molar-refractivity contribution in [1.29, 1.82) is 0 Å². The second kappa shape index (κ2) is 8.83. The van der Waals surface area contributed by atoms with Gasteiger partial charge in [0.25, 0.3) is 0 Å². The maximum Gasteiger partial charge on any atom is 0.460 e. The van der Waals surface area contributed by atoms with Crippen LogP contribution >= 0.6 is 0 Å². The van der Waals surface area contributed by atoms with E-state index in [1.54, 1.807) is 0 Å². The van der Waals surface area contributed by atoms with E-state index in [9.17, 15) is 56.7 Å². The van der Waals surface area contributed by atoms with Crippen molar-refractivity contribution < 1.29 is 79.5 Å². The molecule has 0 aromatic heterocycles. The van der Waals surface area contributed by atoms with Gasteiger partial charge in [0, 0.05) is 0 Å². The zero-order valence-corrected chi connectivity index (χ0v) is 18.4. The van der Waals surface area contributed by atoms with Gasteiger partial charge >= 0.3 is 59.6 Å². The summed E-state index contributed by atoms with van der Waals surface area (Å²) in [6.07, 6.45) is -7.41. The summed E-state index contributed by atoms with van der Waals surface area (Å²) in [5.41, 5.74) is 0. The molecule has 185 valence electrons. The van der Waals surface area contributed by atoms with Gasteiger partial charge in [-0.1, -0.05) is 36.4 Å².